The molecule has 0 atom stereocenters. The lowest BCUT2D eigenvalue weighted by atomic mass is 9.43. The lowest BCUT2D eigenvalue weighted by molar-refractivity contribution is -0.0399. The molecule has 7 aromatic carbocycles. The lowest BCUT2D eigenvalue weighted by Crippen LogP contribution is -2.55. The predicted molar refractivity (Wildman–Crippen MR) is 248 cm³/mol. The first kappa shape index (κ1) is 33.9. The zero-order valence-corrected chi connectivity index (χ0v) is 34.3. The number of aromatic nitrogens is 1. The number of hydrogen-bond donors (Lipinski definition) is 0. The van der Waals surface area contributed by atoms with Crippen molar-refractivity contribution in [2.75, 3.05) is 4.90 Å². The molecule has 2 heteroatoms. The number of anilines is 3. The smallest absolute Gasteiger partial charge is 0.0541 e. The Balaban J connectivity index is 0.970. The molecule has 7 aliphatic rings. The van der Waals surface area contributed by atoms with E-state index in [9.17, 15) is 0 Å². The highest BCUT2D eigenvalue weighted by Crippen LogP contribution is 2.70. The Hall–Kier alpha value is -5.86. The van der Waals surface area contributed by atoms with Crippen LogP contribution in [-0.4, -0.2) is 4.57 Å². The van der Waals surface area contributed by atoms with Gasteiger partial charge in [0.05, 0.1) is 11.0 Å². The zero-order chi connectivity index (χ0) is 39.2. The minimum atomic E-state index is 0.0935. The highest BCUT2D eigenvalue weighted by Gasteiger charge is 2.61. The van der Waals surface area contributed by atoms with Gasteiger partial charge in [0.25, 0.3) is 0 Å². The van der Waals surface area contributed by atoms with E-state index in [4.69, 9.17) is 0 Å². The van der Waals surface area contributed by atoms with Crippen molar-refractivity contribution >= 4 is 38.9 Å². The van der Waals surface area contributed by atoms with Gasteiger partial charge >= 0.3 is 0 Å². The Morgan fingerprint density at radius 3 is 1.57 bits per heavy atom. The molecule has 0 aliphatic heterocycles. The van der Waals surface area contributed by atoms with Crippen molar-refractivity contribution in [3.8, 4) is 27.9 Å². The number of fused-ring (bicyclic) bond motifs is 11. The topological polar surface area (TPSA) is 8.17 Å². The minimum absolute atomic E-state index is 0.0935. The summed E-state index contributed by atoms with van der Waals surface area (Å²) in [5.74, 6) is 3.31. The van der Waals surface area contributed by atoms with Crippen LogP contribution in [0.3, 0.4) is 0 Å². The van der Waals surface area contributed by atoms with E-state index in [1.165, 1.54) is 131 Å². The first-order valence-corrected chi connectivity index (χ1v) is 23.1. The molecule has 4 bridgehead atoms. The maximum absolute atomic E-state index is 2.68. The van der Waals surface area contributed by atoms with Crippen molar-refractivity contribution in [3.05, 3.63) is 180 Å². The van der Waals surface area contributed by atoms with Crippen molar-refractivity contribution in [1.29, 1.82) is 0 Å². The van der Waals surface area contributed by atoms with E-state index in [1.54, 1.807) is 22.3 Å². The van der Waals surface area contributed by atoms with Gasteiger partial charge in [0.2, 0.25) is 0 Å². The van der Waals surface area contributed by atoms with Gasteiger partial charge in [-0.2, -0.15) is 0 Å². The van der Waals surface area contributed by atoms with Gasteiger partial charge in [-0.05, 0) is 174 Å². The Morgan fingerprint density at radius 1 is 0.417 bits per heavy atom. The van der Waals surface area contributed by atoms with Crippen molar-refractivity contribution in [3.63, 3.8) is 0 Å². The van der Waals surface area contributed by atoms with Gasteiger partial charge in [0.15, 0.2) is 0 Å². The van der Waals surface area contributed by atoms with Gasteiger partial charge < -0.3 is 9.47 Å². The molecule has 5 fully saturated rings. The SMILES string of the molecule is c1ccc2c(c1)-c1ccc(N(c3ccc(-n4c5ccccc5c5ccccc54)cc3)c3ccc4c(c3)C3(c5ccccc5-4)C4CC5CC(C4)CC3C5)cc1C21CCCCC1. The molecule has 60 heavy (non-hydrogen) atoms. The summed E-state index contributed by atoms with van der Waals surface area (Å²) < 4.78 is 2.45. The maximum atomic E-state index is 2.68. The third-order valence-corrected chi connectivity index (χ3v) is 17.0. The maximum Gasteiger partial charge on any atom is 0.0541 e. The van der Waals surface area contributed by atoms with Crippen LogP contribution in [0.2, 0.25) is 0 Å². The van der Waals surface area contributed by atoms with Crippen LogP contribution >= 0.6 is 0 Å². The number of nitrogens with zero attached hydrogens (tertiary/aromatic N) is 2. The molecule has 1 heterocycles. The number of benzene rings is 7. The summed E-state index contributed by atoms with van der Waals surface area (Å²) >= 11 is 0. The molecular formula is C58H50N2. The fourth-order valence-electron chi connectivity index (χ4n) is 15.0. The number of rotatable bonds is 4. The Bertz CT molecular complexity index is 2970. The third kappa shape index (κ3) is 4.40. The summed E-state index contributed by atoms with van der Waals surface area (Å²) in [6.07, 6.45) is 13.5. The van der Waals surface area contributed by atoms with Crippen LogP contribution < -0.4 is 4.90 Å². The molecule has 8 aromatic rings. The fraction of sp³-hybridized carbons (Fsp3) is 0.276. The first-order chi connectivity index (χ1) is 29.7. The largest absolute Gasteiger partial charge is 0.310 e. The third-order valence-electron chi connectivity index (χ3n) is 17.0. The van der Waals surface area contributed by atoms with Crippen molar-refractivity contribution in [1.82, 2.24) is 4.57 Å². The summed E-state index contributed by atoms with van der Waals surface area (Å²) in [7, 11) is 0. The van der Waals surface area contributed by atoms with Gasteiger partial charge in [0, 0.05) is 44.4 Å². The van der Waals surface area contributed by atoms with E-state index < -0.39 is 0 Å². The van der Waals surface area contributed by atoms with Crippen molar-refractivity contribution in [2.24, 2.45) is 23.7 Å². The van der Waals surface area contributed by atoms with E-state index in [-0.39, 0.29) is 10.8 Å². The molecule has 7 aliphatic carbocycles. The molecular weight excluding hydrogens is 725 g/mol. The standard InChI is InChI=1S/C58H50N2/c1-10-28-57(29-11-1)51-16-6-2-12-45(51)47-26-24-43(35-53(47)57)59(41-20-22-42(23-21-41)60-55-18-8-4-14-49(55)50-15-5-9-19-56(50)60)44-25-27-48-46-13-3-7-17-52(46)58(54(48)36-44)39-31-37-30-38(33-39)34-40(58)32-37/h2-9,12-27,35-40H,1,10-11,28-34H2. The highest BCUT2D eigenvalue weighted by molar-refractivity contribution is 6.09. The van der Waals surface area contributed by atoms with Gasteiger partial charge in [-0.25, -0.2) is 0 Å². The quantitative estimate of drug-likeness (QED) is 0.173. The van der Waals surface area contributed by atoms with E-state index in [1.807, 2.05) is 0 Å². The molecule has 2 spiro atoms. The van der Waals surface area contributed by atoms with Gasteiger partial charge in [-0.15, -0.1) is 0 Å². The van der Waals surface area contributed by atoms with Crippen LogP contribution in [0, 0.1) is 23.7 Å². The van der Waals surface area contributed by atoms with Crippen LogP contribution in [0.1, 0.15) is 86.5 Å². The molecule has 0 unspecified atom stereocenters. The second-order valence-electron chi connectivity index (χ2n) is 19.6. The molecule has 5 saturated carbocycles. The van der Waals surface area contributed by atoms with E-state index in [0.29, 0.717) is 0 Å². The van der Waals surface area contributed by atoms with Crippen LogP contribution in [0.4, 0.5) is 17.1 Å². The average molecular weight is 775 g/mol. The van der Waals surface area contributed by atoms with E-state index >= 15 is 0 Å². The number of para-hydroxylation sites is 2. The van der Waals surface area contributed by atoms with Crippen LogP contribution in [0.15, 0.2) is 158 Å². The van der Waals surface area contributed by atoms with Gasteiger partial charge in [-0.3, -0.25) is 0 Å². The molecule has 1 aromatic heterocycles. The minimum Gasteiger partial charge on any atom is -0.310 e. The molecule has 0 radical (unpaired) electrons. The van der Waals surface area contributed by atoms with Crippen LogP contribution in [0.25, 0.3) is 49.7 Å². The Labute approximate surface area is 353 Å². The lowest BCUT2D eigenvalue weighted by Gasteiger charge is -2.61. The summed E-state index contributed by atoms with van der Waals surface area (Å²) in [6, 6.07) is 61.2. The van der Waals surface area contributed by atoms with Gasteiger partial charge in [-0.1, -0.05) is 116 Å². The molecule has 2 nitrogen and oxygen atoms in total. The molecule has 0 amide bonds. The average Bonchev–Trinajstić information content (AvgIpc) is 3.88. The summed E-state index contributed by atoms with van der Waals surface area (Å²) in [5.41, 5.74) is 19.9. The monoisotopic (exact) mass is 774 g/mol. The summed E-state index contributed by atoms with van der Waals surface area (Å²) in [4.78, 5) is 2.61. The normalized spacial score (nSPS) is 24.9. The van der Waals surface area contributed by atoms with E-state index in [0.717, 1.165) is 23.7 Å². The Kier molecular flexibility index (Phi) is 6.98. The fourth-order valence-corrected chi connectivity index (χ4v) is 15.0. The summed E-state index contributed by atoms with van der Waals surface area (Å²) in [6.45, 7) is 0. The molecule has 15 rings (SSSR count). The van der Waals surface area contributed by atoms with Crippen molar-refractivity contribution in [2.45, 2.75) is 75.0 Å². The molecule has 0 saturated heterocycles. The second-order valence-corrected chi connectivity index (χ2v) is 19.6. The van der Waals surface area contributed by atoms with Crippen LogP contribution in [0.5, 0.6) is 0 Å². The zero-order valence-electron chi connectivity index (χ0n) is 34.3. The summed E-state index contributed by atoms with van der Waals surface area (Å²) in [5, 5.41) is 2.60. The first-order valence-electron chi connectivity index (χ1n) is 23.1. The van der Waals surface area contributed by atoms with Crippen LogP contribution in [-0.2, 0) is 10.8 Å². The second kappa shape index (κ2) is 12.4. The molecule has 292 valence electrons. The Morgan fingerprint density at radius 2 is 0.917 bits per heavy atom. The predicted octanol–water partition coefficient (Wildman–Crippen LogP) is 15.2. The number of hydrogen-bond acceptors (Lipinski definition) is 1. The van der Waals surface area contributed by atoms with E-state index in [2.05, 4.69) is 167 Å². The van der Waals surface area contributed by atoms with Crippen molar-refractivity contribution < 1.29 is 0 Å². The highest BCUT2D eigenvalue weighted by atomic mass is 15.1. The molecule has 0 N–H and O–H groups in total. The van der Waals surface area contributed by atoms with Gasteiger partial charge in [0.1, 0.15) is 0 Å².